The molecule has 3 N–H and O–H groups in total. The zero-order chi connectivity index (χ0) is 14.5. The van der Waals surface area contributed by atoms with E-state index in [1.807, 2.05) is 0 Å². The Morgan fingerprint density at radius 3 is 2.15 bits per heavy atom. The van der Waals surface area contributed by atoms with Crippen LogP contribution in [0.15, 0.2) is 24.3 Å². The van der Waals surface area contributed by atoms with Crippen LogP contribution in [-0.2, 0) is 0 Å². The first kappa shape index (κ1) is 14.0. The topological polar surface area (TPSA) is 98.7 Å². The Kier molecular flexibility index (Phi) is 4.31. The van der Waals surface area contributed by atoms with Gasteiger partial charge in [-0.3, -0.25) is 14.5 Å². The first-order valence-electron chi connectivity index (χ1n) is 6.23. The number of nitrogens with one attached hydrogen (secondary N) is 2. The van der Waals surface area contributed by atoms with Gasteiger partial charge in [-0.15, -0.1) is 0 Å². The monoisotopic (exact) mass is 277 g/mol. The third-order valence-electron chi connectivity index (χ3n) is 2.90. The Morgan fingerprint density at radius 1 is 1.05 bits per heavy atom. The molecule has 2 rings (SSSR count). The van der Waals surface area contributed by atoms with Crippen LogP contribution >= 0.6 is 0 Å². The van der Waals surface area contributed by atoms with Gasteiger partial charge >= 0.3 is 6.03 Å². The van der Waals surface area contributed by atoms with Crippen molar-refractivity contribution in [3.63, 3.8) is 0 Å². The Bertz CT molecular complexity index is 509. The second-order valence-corrected chi connectivity index (χ2v) is 4.21. The van der Waals surface area contributed by atoms with Crippen LogP contribution in [0.1, 0.15) is 20.7 Å². The van der Waals surface area contributed by atoms with Gasteiger partial charge in [-0.25, -0.2) is 4.79 Å². The summed E-state index contributed by atoms with van der Waals surface area (Å²) in [6, 6.07) is 6.17. The number of benzene rings is 1. The number of hydrogen-bond acceptors (Lipinski definition) is 4. The molecule has 0 bridgehead atoms. The molecular formula is C13H15N3O4. The van der Waals surface area contributed by atoms with Crippen LogP contribution in [-0.4, -0.2) is 54.1 Å². The summed E-state index contributed by atoms with van der Waals surface area (Å²) >= 11 is 0. The van der Waals surface area contributed by atoms with Gasteiger partial charge in [-0.2, -0.15) is 0 Å². The normalized spacial score (nSPS) is 13.3. The lowest BCUT2D eigenvalue weighted by Gasteiger charge is -2.14. The summed E-state index contributed by atoms with van der Waals surface area (Å²) in [7, 11) is 0. The third-order valence-corrected chi connectivity index (χ3v) is 2.90. The number of carbonyl (C=O) groups excluding carboxylic acids is 3. The molecule has 0 fully saturated rings. The van der Waals surface area contributed by atoms with Crippen LogP contribution < -0.4 is 10.6 Å². The molecule has 0 spiro atoms. The van der Waals surface area contributed by atoms with Gasteiger partial charge < -0.3 is 15.7 Å². The quantitative estimate of drug-likeness (QED) is 0.636. The maximum Gasteiger partial charge on any atom is 0.314 e. The average Bonchev–Trinajstić information content (AvgIpc) is 2.70. The first-order valence-corrected chi connectivity index (χ1v) is 6.23. The lowest BCUT2D eigenvalue weighted by molar-refractivity contribution is 0.0656. The van der Waals surface area contributed by atoms with E-state index in [0.29, 0.717) is 11.1 Å². The van der Waals surface area contributed by atoms with Gasteiger partial charge in [0.15, 0.2) is 0 Å². The van der Waals surface area contributed by atoms with Crippen LogP contribution in [0, 0.1) is 0 Å². The van der Waals surface area contributed by atoms with Crippen molar-refractivity contribution >= 4 is 17.8 Å². The van der Waals surface area contributed by atoms with Crippen molar-refractivity contribution in [3.05, 3.63) is 35.4 Å². The number of nitrogens with zero attached hydrogens (tertiary/aromatic N) is 1. The highest BCUT2D eigenvalue weighted by molar-refractivity contribution is 6.21. The van der Waals surface area contributed by atoms with E-state index in [0.717, 1.165) is 4.90 Å². The van der Waals surface area contributed by atoms with E-state index in [4.69, 9.17) is 5.11 Å². The molecular weight excluding hydrogens is 262 g/mol. The molecule has 0 saturated heterocycles. The van der Waals surface area contributed by atoms with Crippen molar-refractivity contribution in [2.75, 3.05) is 26.2 Å². The highest BCUT2D eigenvalue weighted by atomic mass is 16.3. The van der Waals surface area contributed by atoms with Gasteiger partial charge in [0.25, 0.3) is 11.8 Å². The van der Waals surface area contributed by atoms with E-state index < -0.39 is 6.03 Å². The molecule has 1 aliphatic rings. The molecule has 1 aromatic carbocycles. The number of amides is 4. The molecule has 4 amide bonds. The second kappa shape index (κ2) is 6.16. The van der Waals surface area contributed by atoms with Crippen molar-refractivity contribution in [1.29, 1.82) is 0 Å². The van der Waals surface area contributed by atoms with Crippen molar-refractivity contribution in [1.82, 2.24) is 15.5 Å². The molecule has 0 aliphatic carbocycles. The SMILES string of the molecule is O=C(NCCO)NCCN1C(=O)c2ccccc2C1=O. The molecule has 106 valence electrons. The predicted octanol–water partition coefficient (Wildman–Crippen LogP) is -0.426. The van der Waals surface area contributed by atoms with Crippen LogP contribution in [0.2, 0.25) is 0 Å². The van der Waals surface area contributed by atoms with E-state index in [-0.39, 0.29) is 38.1 Å². The van der Waals surface area contributed by atoms with Gasteiger partial charge in [-0.1, -0.05) is 12.1 Å². The van der Waals surface area contributed by atoms with Crippen molar-refractivity contribution in [2.24, 2.45) is 0 Å². The summed E-state index contributed by atoms with van der Waals surface area (Å²) in [6.45, 7) is 0.270. The summed E-state index contributed by atoms with van der Waals surface area (Å²) in [4.78, 5) is 36.3. The number of rotatable bonds is 5. The van der Waals surface area contributed by atoms with Gasteiger partial charge in [-0.05, 0) is 12.1 Å². The zero-order valence-electron chi connectivity index (χ0n) is 10.8. The molecule has 0 radical (unpaired) electrons. The molecule has 7 heteroatoms. The summed E-state index contributed by atoms with van der Waals surface area (Å²) in [5.74, 6) is -0.689. The maximum atomic E-state index is 12.0. The van der Waals surface area contributed by atoms with E-state index >= 15 is 0 Å². The molecule has 20 heavy (non-hydrogen) atoms. The van der Waals surface area contributed by atoms with Crippen molar-refractivity contribution < 1.29 is 19.5 Å². The molecule has 0 atom stereocenters. The lowest BCUT2D eigenvalue weighted by Crippen LogP contribution is -2.42. The molecule has 1 aromatic rings. The van der Waals surface area contributed by atoms with Gasteiger partial charge in [0.2, 0.25) is 0 Å². The fraction of sp³-hybridized carbons (Fsp3) is 0.308. The van der Waals surface area contributed by atoms with E-state index in [1.165, 1.54) is 0 Å². The van der Waals surface area contributed by atoms with Gasteiger partial charge in [0, 0.05) is 19.6 Å². The Balaban J connectivity index is 1.88. The Morgan fingerprint density at radius 2 is 1.60 bits per heavy atom. The minimum Gasteiger partial charge on any atom is -0.395 e. The number of hydrogen-bond donors (Lipinski definition) is 3. The van der Waals surface area contributed by atoms with Crippen molar-refractivity contribution in [2.45, 2.75) is 0 Å². The predicted molar refractivity (Wildman–Crippen MR) is 70.3 cm³/mol. The highest BCUT2D eigenvalue weighted by Gasteiger charge is 2.34. The zero-order valence-corrected chi connectivity index (χ0v) is 10.8. The smallest absolute Gasteiger partial charge is 0.314 e. The molecule has 0 saturated carbocycles. The summed E-state index contributed by atoms with van der Waals surface area (Å²) in [5.41, 5.74) is 0.782. The molecule has 0 unspecified atom stereocenters. The summed E-state index contributed by atoms with van der Waals surface area (Å²) in [5, 5.41) is 13.5. The molecule has 0 aromatic heterocycles. The minimum atomic E-state index is -0.448. The minimum absolute atomic E-state index is 0.110. The maximum absolute atomic E-state index is 12.0. The van der Waals surface area contributed by atoms with Crippen LogP contribution in [0.5, 0.6) is 0 Å². The van der Waals surface area contributed by atoms with Crippen LogP contribution in [0.25, 0.3) is 0 Å². The van der Waals surface area contributed by atoms with Gasteiger partial charge in [0.1, 0.15) is 0 Å². The number of carbonyl (C=O) groups is 3. The summed E-state index contributed by atoms with van der Waals surface area (Å²) < 4.78 is 0. The molecule has 1 aliphatic heterocycles. The number of imide groups is 1. The number of aliphatic hydroxyl groups is 1. The Labute approximate surface area is 115 Å². The summed E-state index contributed by atoms with van der Waals surface area (Å²) in [6.07, 6.45) is 0. The fourth-order valence-corrected chi connectivity index (χ4v) is 1.96. The number of urea groups is 1. The lowest BCUT2D eigenvalue weighted by atomic mass is 10.1. The van der Waals surface area contributed by atoms with Gasteiger partial charge in [0.05, 0.1) is 17.7 Å². The molecule has 7 nitrogen and oxygen atoms in total. The highest BCUT2D eigenvalue weighted by Crippen LogP contribution is 2.21. The molecule has 1 heterocycles. The van der Waals surface area contributed by atoms with Crippen LogP contribution in [0.3, 0.4) is 0 Å². The average molecular weight is 277 g/mol. The third kappa shape index (κ3) is 2.77. The first-order chi connectivity index (χ1) is 9.65. The van der Waals surface area contributed by atoms with Crippen molar-refractivity contribution in [3.8, 4) is 0 Å². The fourth-order valence-electron chi connectivity index (χ4n) is 1.96. The second-order valence-electron chi connectivity index (χ2n) is 4.21. The standard InChI is InChI=1S/C13H15N3O4/c17-8-6-15-13(20)14-5-7-16-11(18)9-3-1-2-4-10(9)12(16)19/h1-4,17H,5-8H2,(H2,14,15,20). The van der Waals surface area contributed by atoms with E-state index in [9.17, 15) is 14.4 Å². The van der Waals surface area contributed by atoms with E-state index in [1.54, 1.807) is 24.3 Å². The number of aliphatic hydroxyl groups excluding tert-OH is 1. The largest absolute Gasteiger partial charge is 0.395 e. The number of fused-ring (bicyclic) bond motifs is 1. The van der Waals surface area contributed by atoms with E-state index in [2.05, 4.69) is 10.6 Å². The Hall–Kier alpha value is -2.41. The van der Waals surface area contributed by atoms with Crippen LogP contribution in [0.4, 0.5) is 4.79 Å².